The average Bonchev–Trinajstić information content (AvgIpc) is 3.41. The summed E-state index contributed by atoms with van der Waals surface area (Å²) in [5, 5.41) is 17.2. The summed E-state index contributed by atoms with van der Waals surface area (Å²) in [5.74, 6) is -1.93. The van der Waals surface area contributed by atoms with E-state index in [9.17, 15) is 23.1 Å². The monoisotopic (exact) mass is 538 g/mol. The van der Waals surface area contributed by atoms with Crippen LogP contribution in [0.2, 0.25) is 5.02 Å². The molecular weight excluding hydrogens is 520 g/mol. The predicted octanol–water partition coefficient (Wildman–Crippen LogP) is 4.53. The van der Waals surface area contributed by atoms with E-state index in [1.807, 2.05) is 0 Å². The Kier molecular flexibility index (Phi) is 6.03. The highest BCUT2D eigenvalue weighted by Gasteiger charge is 2.45. The number of anilines is 1. The molecule has 11 heteroatoms. The number of carbonyl (C=O) groups excluding carboxylic acids is 2. The fraction of sp³-hybridized carbons (Fsp3) is 0.0769. The Balaban J connectivity index is 1.65. The number of halogens is 1. The minimum Gasteiger partial charge on any atom is -0.503 e. The first-order chi connectivity index (χ1) is 17.6. The van der Waals surface area contributed by atoms with Crippen molar-refractivity contribution < 1.29 is 32.3 Å². The number of nitrogens with two attached hydrogens (primary N) is 1. The maximum Gasteiger partial charge on any atom is 0.294 e. The summed E-state index contributed by atoms with van der Waals surface area (Å²) in [6.07, 6.45) is 0. The summed E-state index contributed by atoms with van der Waals surface area (Å²) in [6, 6.07) is 17.2. The van der Waals surface area contributed by atoms with E-state index in [0.29, 0.717) is 27.3 Å². The van der Waals surface area contributed by atoms with Gasteiger partial charge in [-0.15, -0.1) is 0 Å². The highest BCUT2D eigenvalue weighted by atomic mass is 35.5. The molecule has 0 aliphatic carbocycles. The fourth-order valence-corrected chi connectivity index (χ4v) is 4.98. The third kappa shape index (κ3) is 4.35. The van der Waals surface area contributed by atoms with Crippen LogP contribution in [0.25, 0.3) is 11.0 Å². The number of aliphatic hydroxyl groups excluding tert-OH is 1. The van der Waals surface area contributed by atoms with Crippen LogP contribution < -0.4 is 14.8 Å². The van der Waals surface area contributed by atoms with E-state index in [1.165, 1.54) is 42.3 Å². The van der Waals surface area contributed by atoms with Crippen molar-refractivity contribution in [1.82, 2.24) is 0 Å². The second-order valence-electron chi connectivity index (χ2n) is 8.28. The van der Waals surface area contributed by atoms with Crippen molar-refractivity contribution in [1.29, 1.82) is 0 Å². The number of primary sulfonamides is 1. The molecule has 4 aromatic rings. The summed E-state index contributed by atoms with van der Waals surface area (Å²) in [6.45, 7) is 0. The number of fused-ring (bicyclic) bond motifs is 1. The van der Waals surface area contributed by atoms with Gasteiger partial charge in [-0.1, -0.05) is 23.7 Å². The summed E-state index contributed by atoms with van der Waals surface area (Å²) in [7, 11) is -2.50. The molecular formula is C26H19ClN2O7S. The van der Waals surface area contributed by atoms with Gasteiger partial charge in [-0.25, -0.2) is 13.6 Å². The average molecular weight is 539 g/mol. The molecule has 0 saturated heterocycles. The van der Waals surface area contributed by atoms with E-state index in [1.54, 1.807) is 42.5 Å². The predicted molar refractivity (Wildman–Crippen MR) is 136 cm³/mol. The highest BCUT2D eigenvalue weighted by molar-refractivity contribution is 7.89. The van der Waals surface area contributed by atoms with E-state index in [0.717, 1.165) is 0 Å². The van der Waals surface area contributed by atoms with Crippen LogP contribution in [0.5, 0.6) is 5.75 Å². The van der Waals surface area contributed by atoms with Gasteiger partial charge in [0.05, 0.1) is 23.6 Å². The Morgan fingerprint density at radius 1 is 1.08 bits per heavy atom. The largest absolute Gasteiger partial charge is 0.503 e. The topological polar surface area (TPSA) is 140 Å². The van der Waals surface area contributed by atoms with Crippen LogP contribution in [-0.4, -0.2) is 32.3 Å². The lowest BCUT2D eigenvalue weighted by Crippen LogP contribution is -2.31. The Morgan fingerprint density at radius 3 is 2.49 bits per heavy atom. The van der Waals surface area contributed by atoms with E-state index < -0.39 is 33.5 Å². The molecule has 188 valence electrons. The number of hydrogen-bond donors (Lipinski definition) is 2. The van der Waals surface area contributed by atoms with Gasteiger partial charge in [0.2, 0.25) is 15.8 Å². The minimum atomic E-state index is -3.97. The van der Waals surface area contributed by atoms with Crippen LogP contribution in [0, 0.1) is 0 Å². The van der Waals surface area contributed by atoms with Gasteiger partial charge in [0.1, 0.15) is 11.3 Å². The van der Waals surface area contributed by atoms with Crippen molar-refractivity contribution >= 4 is 50.0 Å². The summed E-state index contributed by atoms with van der Waals surface area (Å²) in [5.41, 5.74) is 0.898. The van der Waals surface area contributed by atoms with Gasteiger partial charge in [-0.05, 0) is 66.2 Å². The van der Waals surface area contributed by atoms with Crippen molar-refractivity contribution in [3.63, 3.8) is 0 Å². The zero-order valence-electron chi connectivity index (χ0n) is 19.2. The van der Waals surface area contributed by atoms with Gasteiger partial charge < -0.3 is 14.3 Å². The van der Waals surface area contributed by atoms with Gasteiger partial charge >= 0.3 is 0 Å². The molecule has 0 spiro atoms. The second-order valence-corrected chi connectivity index (χ2v) is 10.3. The standard InChI is InChI=1S/C26H19ClN2O7S/c1-35-18-4-2-3-14(12-18)23-22(24(30)21-13-15-11-16(27)5-10-20(15)36-21)25(31)26(32)29(23)17-6-8-19(9-7-17)37(28,33)34/h2-13,23,31H,1H3,(H2,28,33,34). The molecule has 1 aromatic heterocycles. The summed E-state index contributed by atoms with van der Waals surface area (Å²) < 4.78 is 34.4. The summed E-state index contributed by atoms with van der Waals surface area (Å²) in [4.78, 5) is 28.1. The van der Waals surface area contributed by atoms with Crippen molar-refractivity contribution in [3.05, 3.63) is 100 Å². The van der Waals surface area contributed by atoms with Gasteiger partial charge in [0.15, 0.2) is 11.5 Å². The molecule has 1 aliphatic heterocycles. The Hall–Kier alpha value is -4.12. The van der Waals surface area contributed by atoms with Crippen LogP contribution in [-0.2, 0) is 14.8 Å². The van der Waals surface area contributed by atoms with Gasteiger partial charge in [-0.3, -0.25) is 14.5 Å². The molecule has 0 bridgehead atoms. The number of nitrogens with zero attached hydrogens (tertiary/aromatic N) is 1. The number of amides is 1. The number of ketones is 1. The molecule has 2 heterocycles. The van der Waals surface area contributed by atoms with Gasteiger partial charge in [0, 0.05) is 16.1 Å². The summed E-state index contributed by atoms with van der Waals surface area (Å²) >= 11 is 6.05. The number of aliphatic hydroxyl groups is 1. The number of Topliss-reactive ketones (excluding diaryl/α,β-unsaturated/α-hetero) is 1. The van der Waals surface area contributed by atoms with E-state index in [2.05, 4.69) is 0 Å². The lowest BCUT2D eigenvalue weighted by Gasteiger charge is -2.27. The first kappa shape index (κ1) is 24.6. The Labute approximate surface area is 216 Å². The number of methoxy groups -OCH3 is 1. The van der Waals surface area contributed by atoms with Crippen LogP contribution in [0.3, 0.4) is 0 Å². The van der Waals surface area contributed by atoms with Crippen LogP contribution >= 0.6 is 11.6 Å². The first-order valence-corrected chi connectivity index (χ1v) is 12.8. The number of benzene rings is 3. The quantitative estimate of drug-likeness (QED) is 0.344. The number of hydrogen-bond acceptors (Lipinski definition) is 7. The molecule has 37 heavy (non-hydrogen) atoms. The normalized spacial score (nSPS) is 16.0. The third-order valence-corrected chi connectivity index (χ3v) is 7.17. The van der Waals surface area contributed by atoms with Crippen LogP contribution in [0.4, 0.5) is 5.69 Å². The zero-order chi connectivity index (χ0) is 26.5. The Morgan fingerprint density at radius 2 is 1.81 bits per heavy atom. The molecule has 9 nitrogen and oxygen atoms in total. The van der Waals surface area contributed by atoms with Crippen molar-refractivity contribution in [2.75, 3.05) is 12.0 Å². The molecule has 1 unspecified atom stereocenters. The van der Waals surface area contributed by atoms with Gasteiger partial charge in [-0.2, -0.15) is 0 Å². The third-order valence-electron chi connectivity index (χ3n) is 6.01. The molecule has 1 amide bonds. The molecule has 0 saturated carbocycles. The number of carbonyl (C=O) groups is 2. The first-order valence-electron chi connectivity index (χ1n) is 10.9. The van der Waals surface area contributed by atoms with E-state index in [4.69, 9.17) is 25.9 Å². The highest BCUT2D eigenvalue weighted by Crippen LogP contribution is 2.43. The van der Waals surface area contributed by atoms with Gasteiger partial charge in [0.25, 0.3) is 5.91 Å². The van der Waals surface area contributed by atoms with Crippen molar-refractivity contribution in [2.24, 2.45) is 5.14 Å². The zero-order valence-corrected chi connectivity index (χ0v) is 20.8. The minimum absolute atomic E-state index is 0.0917. The molecule has 5 rings (SSSR count). The molecule has 1 atom stereocenters. The number of rotatable bonds is 6. The van der Waals surface area contributed by atoms with E-state index in [-0.39, 0.29) is 21.9 Å². The molecule has 0 fully saturated rings. The maximum absolute atomic E-state index is 13.7. The number of furan rings is 1. The Bertz CT molecular complexity index is 1710. The molecule has 0 radical (unpaired) electrons. The van der Waals surface area contributed by atoms with Crippen LogP contribution in [0.1, 0.15) is 22.2 Å². The maximum atomic E-state index is 13.7. The lowest BCUT2D eigenvalue weighted by molar-refractivity contribution is -0.117. The smallest absolute Gasteiger partial charge is 0.294 e. The van der Waals surface area contributed by atoms with Crippen molar-refractivity contribution in [3.8, 4) is 5.75 Å². The lowest BCUT2D eigenvalue weighted by atomic mass is 9.94. The number of ether oxygens (including phenoxy) is 1. The molecule has 1 aliphatic rings. The fourth-order valence-electron chi connectivity index (χ4n) is 4.29. The second kappa shape index (κ2) is 9.07. The van der Waals surface area contributed by atoms with Crippen molar-refractivity contribution in [2.45, 2.75) is 10.9 Å². The number of sulfonamides is 1. The van der Waals surface area contributed by atoms with E-state index >= 15 is 0 Å². The molecule has 3 aromatic carbocycles. The SMILES string of the molecule is COc1cccc(C2C(C(=O)c3cc4cc(Cl)ccc4o3)=C(O)C(=O)N2c2ccc(S(N)(=O)=O)cc2)c1. The van der Waals surface area contributed by atoms with Crippen LogP contribution in [0.15, 0.2) is 93.4 Å². The molecule has 3 N–H and O–H groups in total.